The summed E-state index contributed by atoms with van der Waals surface area (Å²) in [5.74, 6) is 0.586. The van der Waals surface area contributed by atoms with Gasteiger partial charge in [-0.3, -0.25) is 4.99 Å². The molecule has 0 saturated carbocycles. The fraction of sp³-hybridized carbons (Fsp3) is 0.278. The number of rotatable bonds is 5. The first-order chi connectivity index (χ1) is 12.1. The molecule has 1 heterocycles. The van der Waals surface area contributed by atoms with Gasteiger partial charge in [0, 0.05) is 40.5 Å². The number of ether oxygens (including phenoxy) is 1. The Hall–Kier alpha value is -1.60. The number of nitrogens with zero attached hydrogens (tertiary/aromatic N) is 1. The second-order valence-electron chi connectivity index (χ2n) is 5.52. The van der Waals surface area contributed by atoms with Crippen molar-refractivity contribution in [1.29, 1.82) is 0 Å². The van der Waals surface area contributed by atoms with Crippen molar-refractivity contribution in [3.63, 3.8) is 0 Å². The summed E-state index contributed by atoms with van der Waals surface area (Å²) >= 11 is 4.74. The molecule has 1 N–H and O–H groups in total. The van der Waals surface area contributed by atoms with E-state index in [1.54, 1.807) is 7.11 Å². The lowest BCUT2D eigenvalue weighted by molar-refractivity contribution is 0.411. The summed E-state index contributed by atoms with van der Waals surface area (Å²) < 4.78 is 34.5. The molecule has 25 heavy (non-hydrogen) atoms. The minimum absolute atomic E-state index is 0.386. The Morgan fingerprint density at radius 3 is 2.84 bits per heavy atom. The predicted molar refractivity (Wildman–Crippen MR) is 101 cm³/mol. The van der Waals surface area contributed by atoms with Gasteiger partial charge in [-0.05, 0) is 30.7 Å². The molecule has 1 aliphatic rings. The number of aliphatic imine (C=N–C) groups is 1. The van der Waals surface area contributed by atoms with Gasteiger partial charge in [0.1, 0.15) is 23.2 Å². The van der Waals surface area contributed by atoms with Crippen LogP contribution < -0.4 is 10.1 Å². The lowest BCUT2D eigenvalue weighted by atomic mass is 10.1. The lowest BCUT2D eigenvalue weighted by Gasteiger charge is -2.18. The van der Waals surface area contributed by atoms with E-state index in [0.717, 1.165) is 34.8 Å². The van der Waals surface area contributed by atoms with Crippen molar-refractivity contribution >= 4 is 33.5 Å². The standard InChI is InChI=1S/C18H17BrF2N2OS/c1-24-16-4-3-12(19)7-11(16)10-25-17-14(8-13(20)9-15(17)21)18-22-5-2-6-23-18/h3-4,7-9H,2,5-6,10H2,1H3,(H,22,23). The molecule has 0 bridgehead atoms. The number of hydrogen-bond donors (Lipinski definition) is 1. The van der Waals surface area contributed by atoms with Crippen molar-refractivity contribution < 1.29 is 13.5 Å². The molecule has 0 aromatic heterocycles. The second kappa shape index (κ2) is 8.19. The van der Waals surface area contributed by atoms with Gasteiger partial charge in [0.25, 0.3) is 0 Å². The van der Waals surface area contributed by atoms with E-state index in [4.69, 9.17) is 4.74 Å². The monoisotopic (exact) mass is 426 g/mol. The van der Waals surface area contributed by atoms with Crippen LogP contribution in [-0.2, 0) is 5.75 Å². The highest BCUT2D eigenvalue weighted by Crippen LogP contribution is 2.34. The van der Waals surface area contributed by atoms with E-state index in [1.165, 1.54) is 17.8 Å². The zero-order valence-corrected chi connectivity index (χ0v) is 16.0. The third-order valence-corrected chi connectivity index (χ3v) is 5.43. The molecule has 2 aromatic carbocycles. The Morgan fingerprint density at radius 2 is 2.12 bits per heavy atom. The topological polar surface area (TPSA) is 33.6 Å². The maximum absolute atomic E-state index is 14.4. The van der Waals surface area contributed by atoms with Gasteiger partial charge in [0.05, 0.1) is 12.0 Å². The molecule has 0 spiro atoms. The Labute approximate surface area is 158 Å². The number of nitrogens with one attached hydrogen (secondary N) is 1. The largest absolute Gasteiger partial charge is 0.496 e. The van der Waals surface area contributed by atoms with Crippen LogP contribution in [0.2, 0.25) is 0 Å². The van der Waals surface area contributed by atoms with Crippen LogP contribution in [0, 0.1) is 11.6 Å². The number of amidine groups is 1. The van der Waals surface area contributed by atoms with Gasteiger partial charge >= 0.3 is 0 Å². The molecule has 0 atom stereocenters. The van der Waals surface area contributed by atoms with E-state index >= 15 is 0 Å². The Balaban J connectivity index is 1.92. The minimum Gasteiger partial charge on any atom is -0.496 e. The molecule has 1 aliphatic heterocycles. The van der Waals surface area contributed by atoms with E-state index in [2.05, 4.69) is 26.2 Å². The number of hydrogen-bond acceptors (Lipinski definition) is 4. The summed E-state index contributed by atoms with van der Waals surface area (Å²) in [4.78, 5) is 4.76. The average molecular weight is 427 g/mol. The molecular weight excluding hydrogens is 410 g/mol. The average Bonchev–Trinajstić information content (AvgIpc) is 2.61. The predicted octanol–water partition coefficient (Wildman–Crippen LogP) is 4.77. The maximum Gasteiger partial charge on any atom is 0.140 e. The maximum atomic E-state index is 14.4. The van der Waals surface area contributed by atoms with Crippen LogP contribution in [0.5, 0.6) is 5.75 Å². The molecule has 7 heteroatoms. The molecule has 0 unspecified atom stereocenters. The highest BCUT2D eigenvalue weighted by Gasteiger charge is 2.18. The molecule has 0 amide bonds. The molecule has 0 saturated heterocycles. The minimum atomic E-state index is -0.605. The Kier molecular flexibility index (Phi) is 5.96. The van der Waals surface area contributed by atoms with Crippen LogP contribution in [0.4, 0.5) is 8.78 Å². The fourth-order valence-electron chi connectivity index (χ4n) is 2.61. The van der Waals surface area contributed by atoms with Gasteiger partial charge in [-0.2, -0.15) is 0 Å². The summed E-state index contributed by atoms with van der Waals surface area (Å²) in [6, 6.07) is 7.92. The van der Waals surface area contributed by atoms with Crippen molar-refractivity contribution in [3.8, 4) is 5.75 Å². The molecule has 132 valence electrons. The SMILES string of the molecule is COc1ccc(Br)cc1CSc1c(F)cc(F)cc1C1=NCCCN1. The highest BCUT2D eigenvalue weighted by atomic mass is 79.9. The van der Waals surface area contributed by atoms with E-state index in [0.29, 0.717) is 28.6 Å². The van der Waals surface area contributed by atoms with Crippen LogP contribution in [0.1, 0.15) is 17.5 Å². The highest BCUT2D eigenvalue weighted by molar-refractivity contribution is 9.10. The van der Waals surface area contributed by atoms with Gasteiger partial charge in [-0.15, -0.1) is 11.8 Å². The first-order valence-corrected chi connectivity index (χ1v) is 9.59. The smallest absolute Gasteiger partial charge is 0.140 e. The zero-order valence-electron chi connectivity index (χ0n) is 13.6. The molecular formula is C18H17BrF2N2OS. The van der Waals surface area contributed by atoms with Crippen LogP contribution in [0.15, 0.2) is 44.7 Å². The normalized spacial score (nSPS) is 14.0. The quantitative estimate of drug-likeness (QED) is 0.699. The number of benzene rings is 2. The van der Waals surface area contributed by atoms with Gasteiger partial charge in [-0.1, -0.05) is 15.9 Å². The van der Waals surface area contributed by atoms with Gasteiger partial charge in [0.15, 0.2) is 0 Å². The number of thioether (sulfide) groups is 1. The van der Waals surface area contributed by atoms with Gasteiger partial charge < -0.3 is 10.1 Å². The molecule has 0 fully saturated rings. The van der Waals surface area contributed by atoms with E-state index in [1.807, 2.05) is 18.2 Å². The molecule has 3 nitrogen and oxygen atoms in total. The summed E-state index contributed by atoms with van der Waals surface area (Å²) in [6.45, 7) is 1.41. The van der Waals surface area contributed by atoms with Crippen molar-refractivity contribution in [3.05, 3.63) is 57.6 Å². The van der Waals surface area contributed by atoms with Crippen LogP contribution in [0.3, 0.4) is 0 Å². The summed E-state index contributed by atoms with van der Waals surface area (Å²) in [6.07, 6.45) is 0.916. The third-order valence-electron chi connectivity index (χ3n) is 3.78. The summed E-state index contributed by atoms with van der Waals surface area (Å²) in [5.41, 5.74) is 1.39. The van der Waals surface area contributed by atoms with Crippen molar-refractivity contribution in [2.75, 3.05) is 20.2 Å². The Morgan fingerprint density at radius 1 is 1.28 bits per heavy atom. The Bertz CT molecular complexity index is 814. The lowest BCUT2D eigenvalue weighted by Crippen LogP contribution is -2.30. The van der Waals surface area contributed by atoms with Crippen LogP contribution in [0.25, 0.3) is 0 Å². The summed E-state index contributed by atoms with van der Waals surface area (Å²) in [5, 5.41) is 3.13. The van der Waals surface area contributed by atoms with Crippen LogP contribution in [-0.4, -0.2) is 26.0 Å². The van der Waals surface area contributed by atoms with Crippen LogP contribution >= 0.6 is 27.7 Å². The second-order valence-corrected chi connectivity index (χ2v) is 7.42. The van der Waals surface area contributed by atoms with Gasteiger partial charge in [-0.25, -0.2) is 8.78 Å². The zero-order chi connectivity index (χ0) is 17.8. The van der Waals surface area contributed by atoms with E-state index in [-0.39, 0.29) is 0 Å². The van der Waals surface area contributed by atoms with E-state index in [9.17, 15) is 8.78 Å². The fourth-order valence-corrected chi connectivity index (χ4v) is 4.05. The van der Waals surface area contributed by atoms with Crippen molar-refractivity contribution in [2.24, 2.45) is 4.99 Å². The van der Waals surface area contributed by atoms with E-state index < -0.39 is 11.6 Å². The van der Waals surface area contributed by atoms with Gasteiger partial charge in [0.2, 0.25) is 0 Å². The van der Waals surface area contributed by atoms with Crippen molar-refractivity contribution in [1.82, 2.24) is 5.32 Å². The molecule has 0 radical (unpaired) electrons. The number of halogens is 3. The third kappa shape index (κ3) is 4.33. The van der Waals surface area contributed by atoms with Crippen molar-refractivity contribution in [2.45, 2.75) is 17.1 Å². The number of methoxy groups -OCH3 is 1. The molecule has 3 rings (SSSR count). The molecule has 0 aliphatic carbocycles. The first kappa shape index (κ1) is 18.2. The first-order valence-electron chi connectivity index (χ1n) is 7.81. The molecule has 2 aromatic rings. The summed E-state index contributed by atoms with van der Waals surface area (Å²) in [7, 11) is 1.60.